The normalized spacial score (nSPS) is 21.5. The Hall–Kier alpha value is -1.13. The summed E-state index contributed by atoms with van der Waals surface area (Å²) in [6, 6.07) is 17.6. The van der Waals surface area contributed by atoms with E-state index in [2.05, 4.69) is 29.0 Å². The molecule has 0 radical (unpaired) electrons. The van der Waals surface area contributed by atoms with Crippen molar-refractivity contribution in [3.63, 3.8) is 0 Å². The molecule has 1 aliphatic carbocycles. The van der Waals surface area contributed by atoms with Crippen LogP contribution in [0.4, 0.5) is 0 Å². The Labute approximate surface area is 151 Å². The molecule has 128 valence electrons. The second kappa shape index (κ2) is 7.83. The number of nitrogens with one attached hydrogen (secondary N) is 1. The van der Waals surface area contributed by atoms with Gasteiger partial charge in [0.15, 0.2) is 0 Å². The van der Waals surface area contributed by atoms with Crippen molar-refractivity contribution in [1.29, 1.82) is 0 Å². The predicted molar refractivity (Wildman–Crippen MR) is 99.3 cm³/mol. The predicted octanol–water partition coefficient (Wildman–Crippen LogP) is 3.03. The molecule has 24 heavy (non-hydrogen) atoms. The Morgan fingerprint density at radius 2 is 1.62 bits per heavy atom. The fourth-order valence-corrected chi connectivity index (χ4v) is 7.30. The average Bonchev–Trinajstić information content (AvgIpc) is 2.58. The van der Waals surface area contributed by atoms with E-state index in [4.69, 9.17) is 0 Å². The van der Waals surface area contributed by atoms with Crippen LogP contribution in [0.15, 0.2) is 59.5 Å². The zero-order valence-corrected chi connectivity index (χ0v) is 16.3. The van der Waals surface area contributed by atoms with E-state index >= 15 is 0 Å². The van der Waals surface area contributed by atoms with Crippen LogP contribution in [0.25, 0.3) is 0 Å². The standard InChI is InChI=1S/C19H23NO2SSe/c1-15-11-13-16(14-12-15)23(21,22)20-18-9-5-6-10-19(18)24-17-7-3-2-4-8-17/h2-4,7-8,11-14,18-20H,5-6,9-10H2,1H3/t18-,19-/m1/s1. The second-order valence-corrected chi connectivity index (χ2v) is 10.8. The molecule has 1 saturated carbocycles. The van der Waals surface area contributed by atoms with Crippen LogP contribution in [-0.2, 0) is 10.0 Å². The SMILES string of the molecule is Cc1ccc(S(=O)(=O)N[C@@H]2CCCC[C@H]2[Se]c2ccccc2)cc1. The number of hydrogen-bond donors (Lipinski definition) is 1. The third-order valence-corrected chi connectivity index (χ3v) is 8.84. The second-order valence-electron chi connectivity index (χ2n) is 6.29. The van der Waals surface area contributed by atoms with E-state index in [1.807, 2.05) is 25.1 Å². The zero-order chi connectivity index (χ0) is 17.0. The Morgan fingerprint density at radius 1 is 0.958 bits per heavy atom. The van der Waals surface area contributed by atoms with Crippen molar-refractivity contribution in [2.24, 2.45) is 0 Å². The molecule has 2 aromatic carbocycles. The summed E-state index contributed by atoms with van der Waals surface area (Å²) in [6.07, 6.45) is 4.34. The van der Waals surface area contributed by atoms with Crippen LogP contribution < -0.4 is 9.18 Å². The van der Waals surface area contributed by atoms with Crippen LogP contribution in [0.1, 0.15) is 31.2 Å². The Morgan fingerprint density at radius 3 is 2.33 bits per heavy atom. The van der Waals surface area contributed by atoms with Gasteiger partial charge in [-0.1, -0.05) is 0 Å². The van der Waals surface area contributed by atoms with E-state index in [-0.39, 0.29) is 6.04 Å². The van der Waals surface area contributed by atoms with Crippen LogP contribution >= 0.6 is 0 Å². The minimum absolute atomic E-state index is 0.0465. The maximum absolute atomic E-state index is 12.7. The van der Waals surface area contributed by atoms with Crippen molar-refractivity contribution < 1.29 is 8.42 Å². The van der Waals surface area contributed by atoms with Crippen molar-refractivity contribution >= 4 is 29.4 Å². The minimum atomic E-state index is -3.44. The summed E-state index contributed by atoms with van der Waals surface area (Å²) in [5.74, 6) is 0. The summed E-state index contributed by atoms with van der Waals surface area (Å²) in [4.78, 5) is 0.790. The summed E-state index contributed by atoms with van der Waals surface area (Å²) in [7, 11) is -3.44. The summed E-state index contributed by atoms with van der Waals surface area (Å²) >= 11 is 0.294. The van der Waals surface area contributed by atoms with Crippen LogP contribution in [0.3, 0.4) is 0 Å². The summed E-state index contributed by atoms with van der Waals surface area (Å²) in [5.41, 5.74) is 1.07. The van der Waals surface area contributed by atoms with Gasteiger partial charge >= 0.3 is 151 Å². The van der Waals surface area contributed by atoms with Gasteiger partial charge in [0.1, 0.15) is 0 Å². The molecule has 0 bridgehead atoms. The molecular formula is C19H23NO2SSe. The molecule has 0 heterocycles. The van der Waals surface area contributed by atoms with Crippen LogP contribution in [0.5, 0.6) is 0 Å². The van der Waals surface area contributed by atoms with Crippen molar-refractivity contribution in [1.82, 2.24) is 4.72 Å². The van der Waals surface area contributed by atoms with E-state index in [0.29, 0.717) is 24.7 Å². The molecule has 0 saturated heterocycles. The zero-order valence-electron chi connectivity index (χ0n) is 13.8. The van der Waals surface area contributed by atoms with Crippen molar-refractivity contribution in [2.75, 3.05) is 0 Å². The fraction of sp³-hybridized carbons (Fsp3) is 0.368. The quantitative estimate of drug-likeness (QED) is 0.774. The average molecular weight is 408 g/mol. The molecule has 0 unspecified atom stereocenters. The molecule has 0 spiro atoms. The van der Waals surface area contributed by atoms with E-state index in [0.717, 1.165) is 24.8 Å². The molecule has 1 N–H and O–H groups in total. The number of rotatable bonds is 5. The molecule has 3 nitrogen and oxygen atoms in total. The Kier molecular flexibility index (Phi) is 5.77. The molecule has 3 rings (SSSR count). The number of aryl methyl sites for hydroxylation is 1. The summed E-state index contributed by atoms with van der Waals surface area (Å²) < 4.78 is 29.7. The molecule has 2 atom stereocenters. The first-order valence-electron chi connectivity index (χ1n) is 8.35. The van der Waals surface area contributed by atoms with Gasteiger partial charge < -0.3 is 0 Å². The molecule has 2 aromatic rings. The first-order valence-corrected chi connectivity index (χ1v) is 11.7. The molecule has 1 fully saturated rings. The van der Waals surface area contributed by atoms with Crippen LogP contribution in [0, 0.1) is 6.92 Å². The van der Waals surface area contributed by atoms with Gasteiger partial charge in [-0.15, -0.1) is 0 Å². The summed E-state index contributed by atoms with van der Waals surface area (Å²) in [5, 5.41) is 0. The van der Waals surface area contributed by atoms with Crippen LogP contribution in [0.2, 0.25) is 4.82 Å². The van der Waals surface area contributed by atoms with E-state index in [1.54, 1.807) is 12.1 Å². The molecule has 0 amide bonds. The number of sulfonamides is 1. The van der Waals surface area contributed by atoms with Crippen molar-refractivity contribution in [3.05, 3.63) is 60.2 Å². The van der Waals surface area contributed by atoms with Gasteiger partial charge in [0, 0.05) is 0 Å². The number of benzene rings is 2. The first-order chi connectivity index (χ1) is 11.5. The third-order valence-electron chi connectivity index (χ3n) is 4.37. The van der Waals surface area contributed by atoms with Gasteiger partial charge in [-0.2, -0.15) is 0 Å². The third kappa shape index (κ3) is 4.48. The van der Waals surface area contributed by atoms with Gasteiger partial charge in [-0.3, -0.25) is 0 Å². The maximum atomic E-state index is 12.7. The topological polar surface area (TPSA) is 46.2 Å². The molecule has 0 aliphatic heterocycles. The van der Waals surface area contributed by atoms with E-state index in [1.165, 1.54) is 10.9 Å². The van der Waals surface area contributed by atoms with Gasteiger partial charge in [-0.25, -0.2) is 0 Å². The Bertz CT molecular complexity index is 760. The monoisotopic (exact) mass is 409 g/mol. The van der Waals surface area contributed by atoms with Gasteiger partial charge in [0.25, 0.3) is 0 Å². The van der Waals surface area contributed by atoms with E-state index < -0.39 is 10.0 Å². The number of hydrogen-bond acceptors (Lipinski definition) is 2. The van der Waals surface area contributed by atoms with Gasteiger partial charge in [0.05, 0.1) is 0 Å². The van der Waals surface area contributed by atoms with Gasteiger partial charge in [0.2, 0.25) is 0 Å². The fourth-order valence-electron chi connectivity index (χ4n) is 3.03. The molecule has 0 aromatic heterocycles. The first kappa shape index (κ1) is 17.7. The molecule has 5 heteroatoms. The Balaban J connectivity index is 1.74. The summed E-state index contributed by atoms with van der Waals surface area (Å²) in [6.45, 7) is 1.96. The van der Waals surface area contributed by atoms with E-state index in [9.17, 15) is 8.42 Å². The molecule has 1 aliphatic rings. The molecular weight excluding hydrogens is 385 g/mol. The van der Waals surface area contributed by atoms with Gasteiger partial charge in [-0.05, 0) is 0 Å². The van der Waals surface area contributed by atoms with Crippen LogP contribution in [-0.4, -0.2) is 29.4 Å². The van der Waals surface area contributed by atoms with Crippen molar-refractivity contribution in [3.8, 4) is 0 Å². The van der Waals surface area contributed by atoms with Crippen molar-refractivity contribution in [2.45, 2.75) is 48.4 Å².